The number of imidazole rings is 1. The Kier molecular flexibility index (Phi) is 4.65. The van der Waals surface area contributed by atoms with Crippen molar-refractivity contribution in [2.45, 2.75) is 58.8 Å². The highest BCUT2D eigenvalue weighted by atomic mass is 16.1. The van der Waals surface area contributed by atoms with Gasteiger partial charge in [0.15, 0.2) is 0 Å². The molecule has 8 nitrogen and oxygen atoms in total. The smallest absolute Gasteiger partial charge is 0.234 e. The number of carbonyl (C=O) groups is 1. The maximum Gasteiger partial charge on any atom is 0.234 e. The van der Waals surface area contributed by atoms with E-state index in [-0.39, 0.29) is 18.0 Å². The molecule has 1 fully saturated rings. The van der Waals surface area contributed by atoms with E-state index in [1.807, 2.05) is 30.2 Å². The Labute approximate surface area is 158 Å². The molecule has 1 aliphatic heterocycles. The molecule has 8 heteroatoms. The number of carbonyl (C=O) groups excluding carboxylic acids is 1. The van der Waals surface area contributed by atoms with Crippen LogP contribution in [0.5, 0.6) is 0 Å². The molecule has 4 rings (SSSR count). The quantitative estimate of drug-likeness (QED) is 0.716. The van der Waals surface area contributed by atoms with E-state index in [1.54, 1.807) is 0 Å². The molecule has 0 saturated carbocycles. The average molecular weight is 367 g/mol. The van der Waals surface area contributed by atoms with Crippen LogP contribution in [-0.2, 0) is 17.9 Å². The summed E-state index contributed by atoms with van der Waals surface area (Å²) < 4.78 is 3.96. The van der Waals surface area contributed by atoms with Crippen molar-refractivity contribution in [2.75, 3.05) is 0 Å². The maximum absolute atomic E-state index is 12.0. The molecule has 2 N–H and O–H groups in total. The minimum atomic E-state index is -0.0767. The highest BCUT2D eigenvalue weighted by Gasteiger charge is 2.30. The van der Waals surface area contributed by atoms with Gasteiger partial charge in [0.25, 0.3) is 0 Å². The van der Waals surface area contributed by atoms with Crippen LogP contribution in [0.4, 0.5) is 0 Å². The van der Waals surface area contributed by atoms with Crippen LogP contribution in [0.15, 0.2) is 24.7 Å². The molecule has 0 aliphatic carbocycles. The second-order valence-electron chi connectivity index (χ2n) is 7.12. The largest absolute Gasteiger partial charge is 0.348 e. The first-order valence-corrected chi connectivity index (χ1v) is 9.41. The number of aromatic nitrogens is 5. The highest BCUT2D eigenvalue weighted by molar-refractivity contribution is 5.77. The number of aryl methyl sites for hydroxylation is 3. The Balaban J connectivity index is 1.54. The Hall–Kier alpha value is -2.74. The summed E-state index contributed by atoms with van der Waals surface area (Å²) in [6, 6.07) is 2.12. The molecular formula is C19H25N7O. The molecule has 27 heavy (non-hydrogen) atoms. The van der Waals surface area contributed by atoms with Crippen molar-refractivity contribution in [3.05, 3.63) is 47.3 Å². The highest BCUT2D eigenvalue weighted by Crippen LogP contribution is 2.24. The molecule has 0 unspecified atom stereocenters. The molecule has 0 bridgehead atoms. The van der Waals surface area contributed by atoms with Crippen molar-refractivity contribution in [3.8, 4) is 0 Å². The summed E-state index contributed by atoms with van der Waals surface area (Å²) in [5.41, 5.74) is 4.18. The molecule has 3 aromatic rings. The van der Waals surface area contributed by atoms with Gasteiger partial charge in [0.1, 0.15) is 0 Å². The van der Waals surface area contributed by atoms with Gasteiger partial charge in [-0.05, 0) is 33.3 Å². The molecule has 0 aromatic carbocycles. The second-order valence-corrected chi connectivity index (χ2v) is 7.12. The number of hydrogen-bond donors (Lipinski definition) is 2. The summed E-state index contributed by atoms with van der Waals surface area (Å²) in [6.45, 7) is 7.56. The van der Waals surface area contributed by atoms with Gasteiger partial charge in [-0.1, -0.05) is 0 Å². The van der Waals surface area contributed by atoms with Crippen LogP contribution >= 0.6 is 0 Å². The Morgan fingerprint density at radius 3 is 2.96 bits per heavy atom. The van der Waals surface area contributed by atoms with Crippen molar-refractivity contribution in [2.24, 2.45) is 0 Å². The van der Waals surface area contributed by atoms with Gasteiger partial charge in [-0.25, -0.2) is 9.97 Å². The summed E-state index contributed by atoms with van der Waals surface area (Å²) in [7, 11) is 0. The van der Waals surface area contributed by atoms with E-state index in [2.05, 4.69) is 50.0 Å². The molecule has 1 amide bonds. The third-order valence-electron chi connectivity index (χ3n) is 5.15. The van der Waals surface area contributed by atoms with E-state index in [1.165, 1.54) is 0 Å². The molecular weight excluding hydrogens is 342 g/mol. The van der Waals surface area contributed by atoms with Crippen molar-refractivity contribution >= 4 is 11.7 Å². The van der Waals surface area contributed by atoms with Crippen LogP contribution in [0.25, 0.3) is 5.78 Å². The van der Waals surface area contributed by atoms with Gasteiger partial charge in [0, 0.05) is 48.7 Å². The second kappa shape index (κ2) is 7.11. The van der Waals surface area contributed by atoms with Crippen LogP contribution < -0.4 is 10.6 Å². The predicted octanol–water partition coefficient (Wildman–Crippen LogP) is 1.67. The number of rotatable bonds is 5. The molecule has 0 radical (unpaired) electrons. The van der Waals surface area contributed by atoms with E-state index in [0.29, 0.717) is 13.0 Å². The van der Waals surface area contributed by atoms with Crippen molar-refractivity contribution in [1.29, 1.82) is 0 Å². The summed E-state index contributed by atoms with van der Waals surface area (Å²) >= 11 is 0. The third kappa shape index (κ3) is 3.44. The first-order chi connectivity index (χ1) is 13.0. The predicted molar refractivity (Wildman–Crippen MR) is 101 cm³/mol. The Morgan fingerprint density at radius 1 is 1.33 bits per heavy atom. The zero-order chi connectivity index (χ0) is 19.0. The lowest BCUT2D eigenvalue weighted by molar-refractivity contribution is -0.123. The minimum Gasteiger partial charge on any atom is -0.348 e. The van der Waals surface area contributed by atoms with Gasteiger partial charge in [-0.2, -0.15) is 5.10 Å². The summed E-state index contributed by atoms with van der Waals surface area (Å²) in [5.74, 6) is 0.814. The maximum atomic E-state index is 12.0. The molecule has 1 aliphatic rings. The summed E-state index contributed by atoms with van der Waals surface area (Å²) in [4.78, 5) is 20.9. The number of piperidine rings is 1. The van der Waals surface area contributed by atoms with E-state index < -0.39 is 0 Å². The fraction of sp³-hybridized carbons (Fsp3) is 0.474. The zero-order valence-electron chi connectivity index (χ0n) is 15.9. The first kappa shape index (κ1) is 17.7. The van der Waals surface area contributed by atoms with Crippen molar-refractivity contribution in [3.63, 3.8) is 0 Å². The topological polar surface area (TPSA) is 89.1 Å². The average Bonchev–Trinajstić information content (AvgIpc) is 3.27. The van der Waals surface area contributed by atoms with E-state index in [0.717, 1.165) is 41.4 Å². The van der Waals surface area contributed by atoms with Crippen LogP contribution in [0.1, 0.15) is 48.5 Å². The third-order valence-corrected chi connectivity index (χ3v) is 5.15. The normalized spacial score (nSPS) is 20.2. The first-order valence-electron chi connectivity index (χ1n) is 9.41. The lowest BCUT2D eigenvalue weighted by atomic mass is 9.93. The molecule has 1 saturated heterocycles. The lowest BCUT2D eigenvalue weighted by Crippen LogP contribution is -2.48. The fourth-order valence-corrected chi connectivity index (χ4v) is 3.80. The summed E-state index contributed by atoms with van der Waals surface area (Å²) in [5, 5.41) is 11.1. The molecule has 142 valence electrons. The van der Waals surface area contributed by atoms with E-state index in [9.17, 15) is 4.79 Å². The van der Waals surface area contributed by atoms with Crippen LogP contribution in [0.2, 0.25) is 0 Å². The van der Waals surface area contributed by atoms with E-state index >= 15 is 0 Å². The van der Waals surface area contributed by atoms with Gasteiger partial charge in [0.2, 0.25) is 11.7 Å². The number of fused-ring (bicyclic) bond motifs is 1. The van der Waals surface area contributed by atoms with Gasteiger partial charge in [-0.15, -0.1) is 0 Å². The number of nitrogens with zero attached hydrogens (tertiary/aromatic N) is 5. The van der Waals surface area contributed by atoms with E-state index in [4.69, 9.17) is 0 Å². The molecule has 3 aromatic heterocycles. The number of hydrogen-bond acceptors (Lipinski definition) is 5. The Bertz CT molecular complexity index is 974. The molecule has 0 spiro atoms. The van der Waals surface area contributed by atoms with Crippen molar-refractivity contribution < 1.29 is 4.79 Å². The van der Waals surface area contributed by atoms with Crippen LogP contribution in [-0.4, -0.2) is 36.1 Å². The minimum absolute atomic E-state index is 0.0767. The zero-order valence-corrected chi connectivity index (χ0v) is 15.9. The SMILES string of the molecule is CCn1cc([C@@H]2NC(=O)CC[C@H]2NCc2cnc3nc(C)cc(C)n23)cn1. The molecule has 4 heterocycles. The fourth-order valence-electron chi connectivity index (χ4n) is 3.80. The lowest BCUT2D eigenvalue weighted by Gasteiger charge is -2.32. The van der Waals surface area contributed by atoms with Crippen LogP contribution in [0.3, 0.4) is 0 Å². The standard InChI is InChI=1S/C19H25N7O/c1-4-25-11-14(8-22-25)18-16(5-6-17(27)24-18)20-9-15-10-21-19-23-12(2)7-13(3)26(15)19/h7-8,10-11,16,18,20H,4-6,9H2,1-3H3,(H,24,27)/t16-,18+/m1/s1. The van der Waals surface area contributed by atoms with Gasteiger partial charge in [-0.3, -0.25) is 13.9 Å². The van der Waals surface area contributed by atoms with Gasteiger partial charge >= 0.3 is 0 Å². The monoisotopic (exact) mass is 367 g/mol. The Morgan fingerprint density at radius 2 is 2.19 bits per heavy atom. The summed E-state index contributed by atoms with van der Waals surface area (Å²) in [6.07, 6.45) is 7.05. The van der Waals surface area contributed by atoms with Crippen LogP contribution in [0, 0.1) is 13.8 Å². The molecule has 2 atom stereocenters. The number of nitrogens with one attached hydrogen (secondary N) is 2. The van der Waals surface area contributed by atoms with Crippen molar-refractivity contribution in [1.82, 2.24) is 34.8 Å². The number of amides is 1. The van der Waals surface area contributed by atoms with Gasteiger partial charge < -0.3 is 10.6 Å². The van der Waals surface area contributed by atoms with Gasteiger partial charge in [0.05, 0.1) is 24.1 Å².